The van der Waals surface area contributed by atoms with Crippen LogP contribution in [0.15, 0.2) is 30.3 Å². The van der Waals surface area contributed by atoms with Crippen molar-refractivity contribution in [1.29, 1.82) is 0 Å². The lowest BCUT2D eigenvalue weighted by molar-refractivity contribution is -0.130. The summed E-state index contributed by atoms with van der Waals surface area (Å²) in [6.07, 6.45) is 3.29. The van der Waals surface area contributed by atoms with Crippen LogP contribution in [0.1, 0.15) is 51.9 Å². The molecule has 1 aliphatic rings. The first kappa shape index (κ1) is 26.7. The molecular formula is C25H36N6O3S. The van der Waals surface area contributed by atoms with Crippen LogP contribution in [0, 0.1) is 5.92 Å². The van der Waals surface area contributed by atoms with E-state index >= 15 is 0 Å². The van der Waals surface area contributed by atoms with Crippen molar-refractivity contribution in [1.82, 2.24) is 30.3 Å². The van der Waals surface area contributed by atoms with Gasteiger partial charge < -0.3 is 15.5 Å². The summed E-state index contributed by atoms with van der Waals surface area (Å²) >= 11 is 1.63. The Labute approximate surface area is 211 Å². The fourth-order valence-corrected chi connectivity index (χ4v) is 4.56. The average Bonchev–Trinajstić information content (AvgIpc) is 3.25. The van der Waals surface area contributed by atoms with Crippen LogP contribution in [-0.4, -0.2) is 68.5 Å². The molecule has 0 bridgehead atoms. The third kappa shape index (κ3) is 7.30. The zero-order chi connectivity index (χ0) is 25.4. The summed E-state index contributed by atoms with van der Waals surface area (Å²) in [4.78, 5) is 44.8. The van der Waals surface area contributed by atoms with Crippen molar-refractivity contribution in [2.45, 2.75) is 58.7 Å². The number of aromatic nitrogens is 3. The monoisotopic (exact) mass is 500 g/mol. The second-order valence-electron chi connectivity index (χ2n) is 9.12. The number of rotatable bonds is 5. The summed E-state index contributed by atoms with van der Waals surface area (Å²) in [6, 6.07) is 8.67. The van der Waals surface area contributed by atoms with Gasteiger partial charge in [0.15, 0.2) is 11.6 Å². The van der Waals surface area contributed by atoms with Crippen molar-refractivity contribution < 1.29 is 14.4 Å². The highest BCUT2D eigenvalue weighted by Crippen LogP contribution is 2.24. The van der Waals surface area contributed by atoms with Gasteiger partial charge >= 0.3 is 0 Å². The lowest BCUT2D eigenvalue weighted by Crippen LogP contribution is -2.49. The number of fused-ring (bicyclic) bond motifs is 1. The Morgan fingerprint density at radius 3 is 2.54 bits per heavy atom. The molecule has 35 heavy (non-hydrogen) atoms. The maximum atomic E-state index is 13.3. The molecule has 0 fully saturated rings. The van der Waals surface area contributed by atoms with Gasteiger partial charge in [0, 0.05) is 32.0 Å². The molecule has 3 amide bonds. The number of nitrogens with one attached hydrogen (secondary N) is 2. The van der Waals surface area contributed by atoms with Crippen molar-refractivity contribution in [2.24, 2.45) is 5.92 Å². The Morgan fingerprint density at radius 1 is 1.14 bits per heavy atom. The van der Waals surface area contributed by atoms with Gasteiger partial charge in [-0.2, -0.15) is 16.9 Å². The molecule has 0 radical (unpaired) electrons. The molecule has 2 heterocycles. The smallest absolute Gasteiger partial charge is 0.243 e. The lowest BCUT2D eigenvalue weighted by atomic mass is 10.0. The van der Waals surface area contributed by atoms with E-state index in [2.05, 4.69) is 10.6 Å². The van der Waals surface area contributed by atoms with Gasteiger partial charge in [-0.3, -0.25) is 14.4 Å². The summed E-state index contributed by atoms with van der Waals surface area (Å²) in [7, 11) is 0. The zero-order valence-electron chi connectivity index (χ0n) is 21.0. The molecule has 2 atom stereocenters. The molecule has 10 heteroatoms. The molecule has 2 aromatic rings. The van der Waals surface area contributed by atoms with Gasteiger partial charge in [0.05, 0.1) is 12.6 Å². The number of amides is 3. The minimum absolute atomic E-state index is 0.0271. The van der Waals surface area contributed by atoms with Crippen molar-refractivity contribution >= 4 is 29.5 Å². The van der Waals surface area contributed by atoms with E-state index in [0.29, 0.717) is 44.1 Å². The van der Waals surface area contributed by atoms with Gasteiger partial charge in [0.25, 0.3) is 0 Å². The van der Waals surface area contributed by atoms with E-state index in [0.717, 1.165) is 11.3 Å². The molecule has 0 aliphatic carbocycles. The van der Waals surface area contributed by atoms with Crippen molar-refractivity contribution in [3.8, 4) is 11.4 Å². The van der Waals surface area contributed by atoms with Gasteiger partial charge in [0.2, 0.25) is 17.7 Å². The van der Waals surface area contributed by atoms with Crippen molar-refractivity contribution in [3.63, 3.8) is 0 Å². The number of nitrogens with zero attached hydrogens (tertiary/aromatic N) is 4. The largest absolute Gasteiger partial charge is 0.344 e. The molecule has 1 aromatic carbocycles. The number of carbonyl (C=O) groups is 3. The SMILES string of the molecule is CSCC[C@@H]1NC(=O)CCCN(C(C)=O)CCn2nc(-c3ccccc3)nc2[C@@H](C(C)C)NC1=O. The highest BCUT2D eigenvalue weighted by molar-refractivity contribution is 7.98. The Hall–Kier alpha value is -2.88. The summed E-state index contributed by atoms with van der Waals surface area (Å²) in [5.74, 6) is 1.55. The molecule has 9 nitrogen and oxygen atoms in total. The zero-order valence-corrected chi connectivity index (χ0v) is 21.8. The summed E-state index contributed by atoms with van der Waals surface area (Å²) in [5.41, 5.74) is 0.882. The molecule has 0 unspecified atom stereocenters. The number of benzene rings is 1. The summed E-state index contributed by atoms with van der Waals surface area (Å²) in [5, 5.41) is 10.8. The summed E-state index contributed by atoms with van der Waals surface area (Å²) < 4.78 is 1.81. The van der Waals surface area contributed by atoms with Crippen LogP contribution < -0.4 is 10.6 Å². The van der Waals surface area contributed by atoms with Crippen LogP contribution in [0.25, 0.3) is 11.4 Å². The second kappa shape index (κ2) is 12.7. The fourth-order valence-electron chi connectivity index (χ4n) is 4.09. The minimum atomic E-state index is -0.631. The minimum Gasteiger partial charge on any atom is -0.344 e. The van der Waals surface area contributed by atoms with Crippen LogP contribution in [-0.2, 0) is 20.9 Å². The van der Waals surface area contributed by atoms with Crippen LogP contribution in [0.3, 0.4) is 0 Å². The predicted octanol–water partition coefficient (Wildman–Crippen LogP) is 2.64. The molecule has 3 rings (SSSR count). The number of hydrogen-bond donors (Lipinski definition) is 2. The molecule has 0 saturated heterocycles. The first-order valence-corrected chi connectivity index (χ1v) is 13.5. The van der Waals surface area contributed by atoms with Crippen LogP contribution in [0.5, 0.6) is 0 Å². The number of thioether (sulfide) groups is 1. The number of hydrogen-bond acceptors (Lipinski definition) is 6. The lowest BCUT2D eigenvalue weighted by Gasteiger charge is -2.27. The molecule has 190 valence electrons. The van der Waals surface area contributed by atoms with Gasteiger partial charge in [-0.1, -0.05) is 44.2 Å². The van der Waals surface area contributed by atoms with Crippen LogP contribution in [0.4, 0.5) is 0 Å². The van der Waals surface area contributed by atoms with E-state index in [1.54, 1.807) is 16.7 Å². The quantitative estimate of drug-likeness (QED) is 0.653. The van der Waals surface area contributed by atoms with E-state index in [9.17, 15) is 14.4 Å². The standard InChI is InChI=1S/C25H36N6O3S/c1-17(2)22-24-28-23(19-9-6-5-7-10-19)29-31(24)15-14-30(18(3)32)13-8-11-21(33)26-20(12-16-35-4)25(34)27-22/h5-7,9-10,17,20,22H,8,11-16H2,1-4H3,(H,26,33)(H,27,34)/t20-,22+/m0/s1. The molecule has 0 saturated carbocycles. The molecular weight excluding hydrogens is 464 g/mol. The van der Waals surface area contributed by atoms with Crippen LogP contribution >= 0.6 is 11.8 Å². The second-order valence-corrected chi connectivity index (χ2v) is 10.1. The average molecular weight is 501 g/mol. The van der Waals surface area contributed by atoms with Gasteiger partial charge in [-0.25, -0.2) is 9.67 Å². The normalized spacial score (nSPS) is 20.1. The van der Waals surface area contributed by atoms with E-state index in [4.69, 9.17) is 10.1 Å². The summed E-state index contributed by atoms with van der Waals surface area (Å²) in [6.45, 7) is 6.93. The number of carbonyl (C=O) groups excluding carboxylic acids is 3. The highest BCUT2D eigenvalue weighted by atomic mass is 32.2. The Bertz CT molecular complexity index is 1010. The third-order valence-electron chi connectivity index (χ3n) is 6.10. The van der Waals surface area contributed by atoms with Crippen LogP contribution in [0.2, 0.25) is 0 Å². The van der Waals surface area contributed by atoms with E-state index < -0.39 is 12.1 Å². The molecule has 1 aromatic heterocycles. The predicted molar refractivity (Wildman–Crippen MR) is 138 cm³/mol. The first-order valence-electron chi connectivity index (χ1n) is 12.1. The van der Waals surface area contributed by atoms with E-state index in [1.165, 1.54) is 6.92 Å². The van der Waals surface area contributed by atoms with Gasteiger partial charge in [-0.15, -0.1) is 0 Å². The molecule has 2 N–H and O–H groups in total. The maximum Gasteiger partial charge on any atom is 0.243 e. The molecule has 0 spiro atoms. The Kier molecular flexibility index (Phi) is 9.71. The topological polar surface area (TPSA) is 109 Å². The van der Waals surface area contributed by atoms with Crippen molar-refractivity contribution in [3.05, 3.63) is 36.2 Å². The maximum absolute atomic E-state index is 13.3. The van der Waals surface area contributed by atoms with E-state index in [1.807, 2.05) is 55.1 Å². The highest BCUT2D eigenvalue weighted by Gasteiger charge is 2.30. The van der Waals surface area contributed by atoms with E-state index in [-0.39, 0.29) is 30.1 Å². The van der Waals surface area contributed by atoms with Gasteiger partial charge in [0.1, 0.15) is 6.04 Å². The third-order valence-corrected chi connectivity index (χ3v) is 6.74. The Morgan fingerprint density at radius 2 is 1.89 bits per heavy atom. The Balaban J connectivity index is 2.02. The van der Waals surface area contributed by atoms with Gasteiger partial charge in [-0.05, 0) is 30.8 Å². The molecule has 1 aliphatic heterocycles. The first-order chi connectivity index (χ1) is 16.8. The fraction of sp³-hybridized carbons (Fsp3) is 0.560. The van der Waals surface area contributed by atoms with Crippen molar-refractivity contribution in [2.75, 3.05) is 25.1 Å².